The highest BCUT2D eigenvalue weighted by molar-refractivity contribution is 5.96. The molecule has 0 fully saturated rings. The maximum absolute atomic E-state index is 12.1. The number of hydrogen-bond acceptors (Lipinski definition) is 4. The lowest BCUT2D eigenvalue weighted by Gasteiger charge is -2.12. The molecular weight excluding hydrogens is 342 g/mol. The Morgan fingerprint density at radius 1 is 1.04 bits per heavy atom. The van der Waals surface area contributed by atoms with Crippen molar-refractivity contribution in [3.05, 3.63) is 54.1 Å². The summed E-state index contributed by atoms with van der Waals surface area (Å²) in [5.41, 5.74) is 2.03. The molecule has 0 saturated heterocycles. The summed E-state index contributed by atoms with van der Waals surface area (Å²) in [4.78, 5) is 24.0. The maximum Gasteiger partial charge on any atom is 0.251 e. The molecule has 0 bridgehead atoms. The van der Waals surface area contributed by atoms with Gasteiger partial charge in [0.1, 0.15) is 5.75 Å². The molecule has 2 aromatic carbocycles. The van der Waals surface area contributed by atoms with Crippen LogP contribution in [0.2, 0.25) is 0 Å². The lowest BCUT2D eigenvalue weighted by atomic mass is 10.2. The van der Waals surface area contributed by atoms with Crippen LogP contribution in [0.15, 0.2) is 48.5 Å². The van der Waals surface area contributed by atoms with Crippen molar-refractivity contribution >= 4 is 23.2 Å². The van der Waals surface area contributed by atoms with E-state index in [0.29, 0.717) is 17.8 Å². The normalized spacial score (nSPS) is 10.4. The monoisotopic (exact) mass is 369 g/mol. The molecule has 2 aromatic rings. The van der Waals surface area contributed by atoms with E-state index in [9.17, 15) is 9.59 Å². The highest BCUT2D eigenvalue weighted by Crippen LogP contribution is 2.18. The molecule has 0 aliphatic rings. The van der Waals surface area contributed by atoms with Crippen molar-refractivity contribution in [2.75, 3.05) is 23.7 Å². The van der Waals surface area contributed by atoms with E-state index in [1.807, 2.05) is 45.0 Å². The zero-order valence-electron chi connectivity index (χ0n) is 16.0. The van der Waals surface area contributed by atoms with Gasteiger partial charge in [0.2, 0.25) is 5.91 Å². The van der Waals surface area contributed by atoms with E-state index in [1.54, 1.807) is 24.3 Å². The Hall–Kier alpha value is -3.02. The van der Waals surface area contributed by atoms with Gasteiger partial charge in [-0.15, -0.1) is 0 Å². The molecule has 0 aromatic heterocycles. The summed E-state index contributed by atoms with van der Waals surface area (Å²) >= 11 is 0. The molecule has 0 aliphatic carbocycles. The first-order chi connectivity index (χ1) is 13.0. The number of ether oxygens (including phenoxy) is 1. The van der Waals surface area contributed by atoms with E-state index < -0.39 is 0 Å². The van der Waals surface area contributed by atoms with E-state index in [-0.39, 0.29) is 24.5 Å². The van der Waals surface area contributed by atoms with Gasteiger partial charge < -0.3 is 20.7 Å². The van der Waals surface area contributed by atoms with Gasteiger partial charge in [-0.3, -0.25) is 9.59 Å². The number of benzene rings is 2. The molecule has 0 aliphatic heterocycles. The first-order valence-electron chi connectivity index (χ1n) is 9.16. The first-order valence-corrected chi connectivity index (χ1v) is 9.16. The second-order valence-corrected chi connectivity index (χ2v) is 6.43. The van der Waals surface area contributed by atoms with Crippen molar-refractivity contribution < 1.29 is 14.3 Å². The Morgan fingerprint density at radius 2 is 1.78 bits per heavy atom. The molecule has 2 amide bonds. The van der Waals surface area contributed by atoms with Crippen LogP contribution in [0.5, 0.6) is 5.75 Å². The minimum absolute atomic E-state index is 0.0931. The van der Waals surface area contributed by atoms with E-state index in [0.717, 1.165) is 17.9 Å². The Kier molecular flexibility index (Phi) is 7.67. The number of nitrogens with one attached hydrogen (secondary N) is 3. The third kappa shape index (κ3) is 7.01. The standard InChI is InChI=1S/C21H27N3O3/c1-4-12-22-21(26)16-8-10-17(11-9-16)24-20(25)14-23-18-6-5-7-19(13-18)27-15(2)3/h5-11,13,15,23H,4,12,14H2,1-3H3,(H,22,26)(H,24,25). The minimum atomic E-state index is -0.173. The Balaban J connectivity index is 1.84. The third-order valence-corrected chi connectivity index (χ3v) is 3.63. The molecular formula is C21H27N3O3. The average molecular weight is 369 g/mol. The molecule has 6 nitrogen and oxygen atoms in total. The Labute approximate surface area is 160 Å². The molecule has 0 heterocycles. The van der Waals surface area contributed by atoms with Gasteiger partial charge in [-0.25, -0.2) is 0 Å². The summed E-state index contributed by atoms with van der Waals surface area (Å²) in [7, 11) is 0. The van der Waals surface area contributed by atoms with Crippen LogP contribution in [0, 0.1) is 0 Å². The van der Waals surface area contributed by atoms with Gasteiger partial charge in [0, 0.05) is 29.5 Å². The highest BCUT2D eigenvalue weighted by Gasteiger charge is 2.07. The molecule has 0 radical (unpaired) electrons. The largest absolute Gasteiger partial charge is 0.491 e. The molecule has 0 saturated carbocycles. The fourth-order valence-electron chi connectivity index (χ4n) is 2.38. The number of amides is 2. The van der Waals surface area contributed by atoms with Crippen LogP contribution < -0.4 is 20.7 Å². The molecule has 6 heteroatoms. The summed E-state index contributed by atoms with van der Waals surface area (Å²) in [6.07, 6.45) is 0.981. The summed E-state index contributed by atoms with van der Waals surface area (Å²) in [5.74, 6) is 0.473. The van der Waals surface area contributed by atoms with Crippen molar-refractivity contribution in [3.63, 3.8) is 0 Å². The average Bonchev–Trinajstić information content (AvgIpc) is 2.65. The number of rotatable bonds is 9. The van der Waals surface area contributed by atoms with Gasteiger partial charge >= 0.3 is 0 Å². The fraction of sp³-hybridized carbons (Fsp3) is 0.333. The predicted molar refractivity (Wildman–Crippen MR) is 108 cm³/mol. The summed E-state index contributed by atoms with van der Waals surface area (Å²) in [5, 5.41) is 8.70. The Morgan fingerprint density at radius 3 is 2.44 bits per heavy atom. The van der Waals surface area contributed by atoms with Crippen molar-refractivity contribution in [1.82, 2.24) is 5.32 Å². The van der Waals surface area contributed by atoms with Gasteiger partial charge in [-0.1, -0.05) is 13.0 Å². The highest BCUT2D eigenvalue weighted by atomic mass is 16.5. The quantitative estimate of drug-likeness (QED) is 0.630. The second kappa shape index (κ2) is 10.2. The number of hydrogen-bond donors (Lipinski definition) is 3. The molecule has 3 N–H and O–H groups in total. The molecule has 144 valence electrons. The van der Waals surface area contributed by atoms with Crippen molar-refractivity contribution in [2.24, 2.45) is 0 Å². The smallest absolute Gasteiger partial charge is 0.251 e. The van der Waals surface area contributed by atoms with Crippen LogP contribution in [0.1, 0.15) is 37.6 Å². The first kappa shape index (κ1) is 20.3. The third-order valence-electron chi connectivity index (χ3n) is 3.63. The van der Waals surface area contributed by atoms with Gasteiger partial charge in [0.25, 0.3) is 5.91 Å². The van der Waals surface area contributed by atoms with E-state index in [4.69, 9.17) is 4.74 Å². The van der Waals surface area contributed by atoms with E-state index >= 15 is 0 Å². The topological polar surface area (TPSA) is 79.5 Å². The van der Waals surface area contributed by atoms with Crippen LogP contribution in [0.25, 0.3) is 0 Å². The van der Waals surface area contributed by atoms with Gasteiger partial charge in [0.15, 0.2) is 0 Å². The zero-order chi connectivity index (χ0) is 19.6. The molecule has 2 rings (SSSR count). The number of carbonyl (C=O) groups is 2. The lowest BCUT2D eigenvalue weighted by molar-refractivity contribution is -0.114. The minimum Gasteiger partial charge on any atom is -0.491 e. The zero-order valence-corrected chi connectivity index (χ0v) is 16.0. The summed E-state index contributed by atoms with van der Waals surface area (Å²) in [6.45, 7) is 6.70. The van der Waals surface area contributed by atoms with Crippen molar-refractivity contribution in [3.8, 4) is 5.75 Å². The molecule has 0 unspecified atom stereocenters. The van der Waals surface area contributed by atoms with Crippen molar-refractivity contribution in [1.29, 1.82) is 0 Å². The van der Waals surface area contributed by atoms with E-state index in [1.165, 1.54) is 0 Å². The SMILES string of the molecule is CCCNC(=O)c1ccc(NC(=O)CNc2cccc(OC(C)C)c2)cc1. The van der Waals surface area contributed by atoms with Crippen molar-refractivity contribution in [2.45, 2.75) is 33.3 Å². The molecule has 0 spiro atoms. The van der Waals surface area contributed by atoms with Crippen LogP contribution >= 0.6 is 0 Å². The van der Waals surface area contributed by atoms with E-state index in [2.05, 4.69) is 16.0 Å². The number of anilines is 2. The fourth-order valence-corrected chi connectivity index (χ4v) is 2.38. The van der Waals surface area contributed by atoms with Gasteiger partial charge in [-0.2, -0.15) is 0 Å². The summed E-state index contributed by atoms with van der Waals surface area (Å²) < 4.78 is 5.64. The van der Waals surface area contributed by atoms with Crippen LogP contribution in [-0.4, -0.2) is 31.0 Å². The van der Waals surface area contributed by atoms with Gasteiger partial charge in [0.05, 0.1) is 12.6 Å². The number of carbonyl (C=O) groups excluding carboxylic acids is 2. The molecule has 27 heavy (non-hydrogen) atoms. The van der Waals surface area contributed by atoms with Crippen LogP contribution in [0.3, 0.4) is 0 Å². The lowest BCUT2D eigenvalue weighted by Crippen LogP contribution is -2.24. The maximum atomic E-state index is 12.1. The van der Waals surface area contributed by atoms with Crippen LogP contribution in [-0.2, 0) is 4.79 Å². The van der Waals surface area contributed by atoms with Gasteiger partial charge in [-0.05, 0) is 56.7 Å². The predicted octanol–water partition coefficient (Wildman–Crippen LogP) is 3.66. The Bertz CT molecular complexity index is 758. The summed E-state index contributed by atoms with van der Waals surface area (Å²) in [6, 6.07) is 14.3. The van der Waals surface area contributed by atoms with Crippen LogP contribution in [0.4, 0.5) is 11.4 Å². The second-order valence-electron chi connectivity index (χ2n) is 6.43. The molecule has 0 atom stereocenters.